The molecule has 0 atom stereocenters. The van der Waals surface area contributed by atoms with Gasteiger partial charge in [0.15, 0.2) is 0 Å². The Morgan fingerprint density at radius 1 is 1.45 bits per heavy atom. The molecule has 0 aliphatic rings. The standard InChI is InChI=1S/C9H11NO/c1-2-8-5-3-4-6-9(8)7-10-11/h3-7,11H,2H2,1H3/b10-7-. The third-order valence-electron chi connectivity index (χ3n) is 1.63. The zero-order chi connectivity index (χ0) is 8.10. The van der Waals surface area contributed by atoms with E-state index in [-0.39, 0.29) is 0 Å². The second-order valence-electron chi connectivity index (χ2n) is 2.30. The van der Waals surface area contributed by atoms with E-state index in [2.05, 4.69) is 12.1 Å². The molecular weight excluding hydrogens is 138 g/mol. The van der Waals surface area contributed by atoms with Crippen LogP contribution in [0, 0.1) is 0 Å². The number of hydrogen-bond acceptors (Lipinski definition) is 2. The molecule has 0 heterocycles. The molecule has 1 rings (SSSR count). The van der Waals surface area contributed by atoms with Gasteiger partial charge in [0.2, 0.25) is 0 Å². The van der Waals surface area contributed by atoms with Crippen molar-refractivity contribution < 1.29 is 5.21 Å². The Morgan fingerprint density at radius 2 is 2.18 bits per heavy atom. The van der Waals surface area contributed by atoms with E-state index in [1.165, 1.54) is 11.8 Å². The molecule has 58 valence electrons. The maximum Gasteiger partial charge on any atom is 0.0736 e. The molecule has 1 aromatic carbocycles. The zero-order valence-electron chi connectivity index (χ0n) is 6.49. The SMILES string of the molecule is CCc1ccccc1/C=N\O. The van der Waals surface area contributed by atoms with Crippen molar-refractivity contribution in [2.75, 3.05) is 0 Å². The molecule has 0 aliphatic heterocycles. The third-order valence-corrected chi connectivity index (χ3v) is 1.63. The summed E-state index contributed by atoms with van der Waals surface area (Å²) >= 11 is 0. The first-order valence-corrected chi connectivity index (χ1v) is 3.63. The van der Waals surface area contributed by atoms with Gasteiger partial charge in [0.25, 0.3) is 0 Å². The molecule has 11 heavy (non-hydrogen) atoms. The Kier molecular flexibility index (Phi) is 2.66. The van der Waals surface area contributed by atoms with Crippen LogP contribution >= 0.6 is 0 Å². The summed E-state index contributed by atoms with van der Waals surface area (Å²) in [4.78, 5) is 0. The molecule has 2 nitrogen and oxygen atoms in total. The summed E-state index contributed by atoms with van der Waals surface area (Å²) in [5.41, 5.74) is 2.18. The van der Waals surface area contributed by atoms with Crippen LogP contribution in [0.15, 0.2) is 29.4 Å². The fourth-order valence-electron chi connectivity index (χ4n) is 1.04. The Hall–Kier alpha value is -1.31. The highest BCUT2D eigenvalue weighted by Gasteiger charge is 1.94. The van der Waals surface area contributed by atoms with E-state index >= 15 is 0 Å². The topological polar surface area (TPSA) is 32.6 Å². The molecule has 0 aliphatic carbocycles. The summed E-state index contributed by atoms with van der Waals surface area (Å²) in [6, 6.07) is 7.86. The predicted molar refractivity (Wildman–Crippen MR) is 45.2 cm³/mol. The van der Waals surface area contributed by atoms with Crippen molar-refractivity contribution >= 4 is 6.21 Å². The Bertz CT molecular complexity index is 255. The summed E-state index contributed by atoms with van der Waals surface area (Å²) in [6.07, 6.45) is 2.42. The third kappa shape index (κ3) is 1.80. The van der Waals surface area contributed by atoms with Gasteiger partial charge in [-0.1, -0.05) is 36.3 Å². The van der Waals surface area contributed by atoms with Crippen LogP contribution in [-0.2, 0) is 6.42 Å². The highest BCUT2D eigenvalue weighted by molar-refractivity contribution is 5.81. The van der Waals surface area contributed by atoms with Crippen LogP contribution in [0.3, 0.4) is 0 Å². The molecule has 1 N–H and O–H groups in total. The molecule has 0 unspecified atom stereocenters. The first-order valence-electron chi connectivity index (χ1n) is 3.63. The number of oxime groups is 1. The van der Waals surface area contributed by atoms with E-state index < -0.39 is 0 Å². The molecule has 0 bridgehead atoms. The van der Waals surface area contributed by atoms with E-state index in [4.69, 9.17) is 5.21 Å². The Morgan fingerprint density at radius 3 is 2.82 bits per heavy atom. The number of aryl methyl sites for hydroxylation is 1. The average molecular weight is 149 g/mol. The molecule has 0 radical (unpaired) electrons. The maximum absolute atomic E-state index is 8.31. The molecule has 0 fully saturated rings. The van der Waals surface area contributed by atoms with Gasteiger partial charge in [0.1, 0.15) is 0 Å². The van der Waals surface area contributed by atoms with Crippen LogP contribution in [0.4, 0.5) is 0 Å². The van der Waals surface area contributed by atoms with Crippen molar-refractivity contribution in [2.45, 2.75) is 13.3 Å². The summed E-state index contributed by atoms with van der Waals surface area (Å²) in [6.45, 7) is 2.07. The van der Waals surface area contributed by atoms with Crippen LogP contribution in [0.1, 0.15) is 18.1 Å². The largest absolute Gasteiger partial charge is 0.411 e. The molecule has 0 saturated carbocycles. The van der Waals surface area contributed by atoms with Gasteiger partial charge in [0, 0.05) is 0 Å². The average Bonchev–Trinajstić information content (AvgIpc) is 2.06. The lowest BCUT2D eigenvalue weighted by molar-refractivity contribution is 0.322. The van der Waals surface area contributed by atoms with Crippen molar-refractivity contribution in [1.29, 1.82) is 0 Å². The molecule has 0 saturated heterocycles. The van der Waals surface area contributed by atoms with Crippen LogP contribution in [0.25, 0.3) is 0 Å². The lowest BCUT2D eigenvalue weighted by atomic mass is 10.1. The van der Waals surface area contributed by atoms with Crippen molar-refractivity contribution in [3.8, 4) is 0 Å². The van der Waals surface area contributed by atoms with E-state index in [0.717, 1.165) is 12.0 Å². The Labute approximate surface area is 66.2 Å². The van der Waals surface area contributed by atoms with Gasteiger partial charge in [-0.05, 0) is 17.5 Å². The Balaban J connectivity index is 3.02. The molecule has 0 aromatic heterocycles. The quantitative estimate of drug-likeness (QED) is 0.389. The summed E-state index contributed by atoms with van der Waals surface area (Å²) in [7, 11) is 0. The van der Waals surface area contributed by atoms with Crippen molar-refractivity contribution in [1.82, 2.24) is 0 Å². The monoisotopic (exact) mass is 149 g/mol. The van der Waals surface area contributed by atoms with Gasteiger partial charge < -0.3 is 5.21 Å². The van der Waals surface area contributed by atoms with Crippen LogP contribution in [0.5, 0.6) is 0 Å². The molecule has 0 amide bonds. The number of hydrogen-bond donors (Lipinski definition) is 1. The van der Waals surface area contributed by atoms with Gasteiger partial charge in [-0.3, -0.25) is 0 Å². The second-order valence-corrected chi connectivity index (χ2v) is 2.30. The van der Waals surface area contributed by atoms with Crippen molar-refractivity contribution in [3.63, 3.8) is 0 Å². The summed E-state index contributed by atoms with van der Waals surface area (Å²) < 4.78 is 0. The summed E-state index contributed by atoms with van der Waals surface area (Å²) in [5, 5.41) is 11.3. The number of nitrogens with zero attached hydrogens (tertiary/aromatic N) is 1. The highest BCUT2D eigenvalue weighted by Crippen LogP contribution is 2.05. The smallest absolute Gasteiger partial charge is 0.0736 e. The molecule has 1 aromatic rings. The van der Waals surface area contributed by atoms with E-state index in [1.807, 2.05) is 24.3 Å². The van der Waals surface area contributed by atoms with Gasteiger partial charge in [-0.15, -0.1) is 0 Å². The van der Waals surface area contributed by atoms with Gasteiger partial charge in [0.05, 0.1) is 6.21 Å². The molecule has 2 heteroatoms. The van der Waals surface area contributed by atoms with Gasteiger partial charge in [-0.25, -0.2) is 0 Å². The van der Waals surface area contributed by atoms with E-state index in [1.54, 1.807) is 0 Å². The molecular formula is C9H11NO. The van der Waals surface area contributed by atoms with Crippen molar-refractivity contribution in [3.05, 3.63) is 35.4 Å². The normalized spacial score (nSPS) is 10.6. The maximum atomic E-state index is 8.31. The van der Waals surface area contributed by atoms with Crippen LogP contribution in [-0.4, -0.2) is 11.4 Å². The van der Waals surface area contributed by atoms with E-state index in [0.29, 0.717) is 0 Å². The predicted octanol–water partition coefficient (Wildman–Crippen LogP) is 2.06. The highest BCUT2D eigenvalue weighted by atomic mass is 16.4. The van der Waals surface area contributed by atoms with Crippen molar-refractivity contribution in [2.24, 2.45) is 5.16 Å². The van der Waals surface area contributed by atoms with Crippen LogP contribution in [0.2, 0.25) is 0 Å². The lowest BCUT2D eigenvalue weighted by Crippen LogP contribution is -1.89. The summed E-state index contributed by atoms with van der Waals surface area (Å²) in [5.74, 6) is 0. The first kappa shape index (κ1) is 7.79. The fourth-order valence-corrected chi connectivity index (χ4v) is 1.04. The second kappa shape index (κ2) is 3.76. The van der Waals surface area contributed by atoms with Gasteiger partial charge >= 0.3 is 0 Å². The number of benzene rings is 1. The van der Waals surface area contributed by atoms with Gasteiger partial charge in [-0.2, -0.15) is 0 Å². The van der Waals surface area contributed by atoms with Crippen LogP contribution < -0.4 is 0 Å². The minimum Gasteiger partial charge on any atom is -0.411 e. The zero-order valence-corrected chi connectivity index (χ0v) is 6.49. The minimum atomic E-state index is 0.961. The molecule has 0 spiro atoms. The minimum absolute atomic E-state index is 0.961. The van der Waals surface area contributed by atoms with E-state index in [9.17, 15) is 0 Å². The number of rotatable bonds is 2. The fraction of sp³-hybridized carbons (Fsp3) is 0.222. The lowest BCUT2D eigenvalue weighted by Gasteiger charge is -1.99. The first-order chi connectivity index (χ1) is 5.38.